The van der Waals surface area contributed by atoms with Crippen molar-refractivity contribution in [3.8, 4) is 0 Å². The van der Waals surface area contributed by atoms with Crippen LogP contribution in [0.25, 0.3) is 0 Å². The number of thioether (sulfide) groups is 2. The van der Waals surface area contributed by atoms with E-state index in [1.54, 1.807) is 5.57 Å². The highest BCUT2D eigenvalue weighted by Crippen LogP contribution is 2.71. The van der Waals surface area contributed by atoms with Crippen LogP contribution in [0.1, 0.15) is 27.2 Å². The molecule has 3 aliphatic carbocycles. The summed E-state index contributed by atoms with van der Waals surface area (Å²) in [6.07, 6.45) is 3.31. The summed E-state index contributed by atoms with van der Waals surface area (Å²) in [5.41, 5.74) is 3.02. The van der Waals surface area contributed by atoms with E-state index in [1.165, 1.54) is 17.1 Å². The molecule has 2 saturated carbocycles. The van der Waals surface area contributed by atoms with E-state index in [2.05, 4.69) is 56.9 Å². The molecule has 1 spiro atoms. The number of allylic oxidation sites excluding steroid dienone is 2. The largest absolute Gasteiger partial charge is 0.393 e. The van der Waals surface area contributed by atoms with Gasteiger partial charge in [-0.1, -0.05) is 37.6 Å². The lowest BCUT2D eigenvalue weighted by molar-refractivity contribution is -0.0598. The normalized spacial score (nSPS) is 47.7. The van der Waals surface area contributed by atoms with Crippen LogP contribution < -0.4 is 0 Å². The van der Waals surface area contributed by atoms with Crippen LogP contribution >= 0.6 is 23.5 Å². The summed E-state index contributed by atoms with van der Waals surface area (Å²) in [5.74, 6) is 4.80. The third-order valence-corrected chi connectivity index (χ3v) is 9.81. The topological polar surface area (TPSA) is 20.2 Å². The highest BCUT2D eigenvalue weighted by molar-refractivity contribution is 8.21. The summed E-state index contributed by atoms with van der Waals surface area (Å²) >= 11 is 4.26. The van der Waals surface area contributed by atoms with Crippen LogP contribution in [0.5, 0.6) is 0 Å². The Bertz CT molecular complexity index is 501. The van der Waals surface area contributed by atoms with Gasteiger partial charge in [-0.25, -0.2) is 0 Å². The maximum atomic E-state index is 10.6. The van der Waals surface area contributed by atoms with Crippen molar-refractivity contribution < 1.29 is 5.11 Å². The Labute approximate surface area is 130 Å². The molecule has 110 valence electrons. The summed E-state index contributed by atoms with van der Waals surface area (Å²) in [7, 11) is 0. The van der Waals surface area contributed by atoms with E-state index >= 15 is 0 Å². The molecule has 20 heavy (non-hydrogen) atoms. The first-order valence-corrected chi connectivity index (χ1v) is 9.69. The predicted molar refractivity (Wildman–Crippen MR) is 88.9 cm³/mol. The third-order valence-electron chi connectivity index (χ3n) is 6.38. The van der Waals surface area contributed by atoms with E-state index in [0.29, 0.717) is 23.7 Å². The molecule has 0 amide bonds. The molecule has 0 aromatic heterocycles. The second-order valence-electron chi connectivity index (χ2n) is 7.59. The van der Waals surface area contributed by atoms with Gasteiger partial charge in [-0.2, -0.15) is 0 Å². The van der Waals surface area contributed by atoms with Crippen LogP contribution in [0.4, 0.5) is 0 Å². The van der Waals surface area contributed by atoms with Crippen LogP contribution in [-0.4, -0.2) is 26.8 Å². The first-order valence-electron chi connectivity index (χ1n) is 7.72. The van der Waals surface area contributed by atoms with Crippen LogP contribution in [0.3, 0.4) is 0 Å². The first-order chi connectivity index (χ1) is 9.38. The quantitative estimate of drug-likeness (QED) is 0.684. The van der Waals surface area contributed by atoms with Crippen LogP contribution in [0.2, 0.25) is 0 Å². The lowest BCUT2D eigenvalue weighted by atomic mass is 9.57. The van der Waals surface area contributed by atoms with E-state index in [-0.39, 0.29) is 15.6 Å². The molecule has 0 radical (unpaired) electrons. The Balaban J connectivity index is 1.90. The Morgan fingerprint density at radius 1 is 1.30 bits per heavy atom. The minimum absolute atomic E-state index is 0.0114. The Kier molecular flexibility index (Phi) is 2.83. The van der Waals surface area contributed by atoms with E-state index in [1.807, 2.05) is 0 Å². The number of fused-ring (bicyclic) bond motifs is 1. The molecule has 0 aromatic rings. The summed E-state index contributed by atoms with van der Waals surface area (Å²) in [4.78, 5) is 0. The lowest BCUT2D eigenvalue weighted by Gasteiger charge is -2.52. The molecule has 0 unspecified atom stereocenters. The van der Waals surface area contributed by atoms with Crippen molar-refractivity contribution >= 4 is 23.5 Å². The maximum Gasteiger partial charge on any atom is 0.0862 e. The van der Waals surface area contributed by atoms with Gasteiger partial charge in [-0.15, -0.1) is 23.5 Å². The Morgan fingerprint density at radius 3 is 2.60 bits per heavy atom. The second-order valence-corrected chi connectivity index (χ2v) is 10.6. The van der Waals surface area contributed by atoms with Crippen LogP contribution in [0, 0.1) is 29.1 Å². The molecule has 1 saturated heterocycles. The van der Waals surface area contributed by atoms with E-state index in [4.69, 9.17) is 0 Å². The smallest absolute Gasteiger partial charge is 0.0862 e. The highest BCUT2D eigenvalue weighted by atomic mass is 32.2. The van der Waals surface area contributed by atoms with E-state index in [9.17, 15) is 5.11 Å². The molecule has 1 nitrogen and oxygen atoms in total. The fraction of sp³-hybridized carbons (Fsp3) is 0.765. The molecule has 4 aliphatic rings. The number of rotatable bonds is 0. The van der Waals surface area contributed by atoms with Crippen LogP contribution in [0.15, 0.2) is 23.8 Å². The summed E-state index contributed by atoms with van der Waals surface area (Å²) in [6, 6.07) is 0. The van der Waals surface area contributed by atoms with Crippen molar-refractivity contribution in [1.82, 2.24) is 0 Å². The van der Waals surface area contributed by atoms with Gasteiger partial charge in [0, 0.05) is 17.4 Å². The van der Waals surface area contributed by atoms with Crippen molar-refractivity contribution in [3.05, 3.63) is 23.8 Å². The zero-order valence-corrected chi connectivity index (χ0v) is 14.2. The maximum absolute atomic E-state index is 10.6. The average molecular weight is 309 g/mol. The fourth-order valence-electron chi connectivity index (χ4n) is 5.43. The molecular formula is C17H24OS2. The number of hydrogen-bond acceptors (Lipinski definition) is 3. The summed E-state index contributed by atoms with van der Waals surface area (Å²) in [5, 5.41) is 10.6. The third kappa shape index (κ3) is 1.47. The number of aliphatic hydroxyl groups is 1. The Morgan fingerprint density at radius 2 is 1.95 bits per heavy atom. The van der Waals surface area contributed by atoms with E-state index in [0.717, 1.165) is 6.42 Å². The number of hydrogen-bond donors (Lipinski definition) is 1. The van der Waals surface area contributed by atoms with Crippen molar-refractivity contribution in [2.45, 2.75) is 37.4 Å². The molecule has 5 atom stereocenters. The summed E-state index contributed by atoms with van der Waals surface area (Å²) in [6.45, 7) is 11.4. The average Bonchev–Trinajstić information content (AvgIpc) is 2.89. The van der Waals surface area contributed by atoms with Gasteiger partial charge in [-0.3, -0.25) is 0 Å². The fourth-order valence-corrected chi connectivity index (χ4v) is 9.06. The molecule has 0 aromatic carbocycles. The van der Waals surface area contributed by atoms with Crippen molar-refractivity contribution in [2.75, 3.05) is 11.5 Å². The molecular weight excluding hydrogens is 284 g/mol. The van der Waals surface area contributed by atoms with Gasteiger partial charge in [0.2, 0.25) is 0 Å². The molecule has 1 N–H and O–H groups in total. The summed E-state index contributed by atoms with van der Waals surface area (Å²) < 4.78 is 0.221. The van der Waals surface area contributed by atoms with Gasteiger partial charge in [-0.05, 0) is 36.5 Å². The molecule has 3 fully saturated rings. The van der Waals surface area contributed by atoms with Crippen LogP contribution in [-0.2, 0) is 0 Å². The Hall–Kier alpha value is 0.140. The molecule has 1 heterocycles. The standard InChI is InChI=1S/C17H24OS2/c1-9-8-17(19-5-6-20-17)14-10(2)11-7-12(18)16(3,4)15(14)13(9)11/h8,11-15,18H,2,5-7H2,1,3-4H3/t11-,12+,13+,14-,15-/m0/s1. The zero-order chi connectivity index (χ0) is 14.3. The van der Waals surface area contributed by atoms with Gasteiger partial charge in [0.25, 0.3) is 0 Å². The van der Waals surface area contributed by atoms with Crippen molar-refractivity contribution in [2.24, 2.45) is 29.1 Å². The van der Waals surface area contributed by atoms with Gasteiger partial charge < -0.3 is 5.11 Å². The molecule has 4 rings (SSSR count). The molecule has 1 aliphatic heterocycles. The van der Waals surface area contributed by atoms with Crippen molar-refractivity contribution in [3.63, 3.8) is 0 Å². The lowest BCUT2D eigenvalue weighted by Crippen LogP contribution is -2.51. The van der Waals surface area contributed by atoms with Gasteiger partial charge >= 0.3 is 0 Å². The minimum Gasteiger partial charge on any atom is -0.393 e. The highest BCUT2D eigenvalue weighted by Gasteiger charge is 2.66. The SMILES string of the molecule is C=C1[C@@H]2C[C@@H](O)C(C)(C)[C@H]3[C@@H]2C(C)=CC2(SCCS2)[C@@H]13. The zero-order valence-electron chi connectivity index (χ0n) is 12.6. The molecule has 3 heteroatoms. The molecule has 4 bridgehead atoms. The minimum atomic E-state index is -0.171. The first kappa shape index (κ1) is 13.8. The van der Waals surface area contributed by atoms with Crippen molar-refractivity contribution in [1.29, 1.82) is 0 Å². The predicted octanol–water partition coefficient (Wildman–Crippen LogP) is 3.95. The monoisotopic (exact) mass is 308 g/mol. The van der Waals surface area contributed by atoms with E-state index < -0.39 is 0 Å². The van der Waals surface area contributed by atoms with Gasteiger partial charge in [0.15, 0.2) is 0 Å². The van der Waals surface area contributed by atoms with Gasteiger partial charge in [0.05, 0.1) is 10.2 Å². The number of aliphatic hydroxyl groups excluding tert-OH is 1. The van der Waals surface area contributed by atoms with Gasteiger partial charge in [0.1, 0.15) is 0 Å². The second kappa shape index (κ2) is 4.11.